The molecule has 1 atom stereocenters. The van der Waals surface area contributed by atoms with Crippen molar-refractivity contribution in [3.05, 3.63) is 66.4 Å². The van der Waals surface area contributed by atoms with Crippen LogP contribution in [0.25, 0.3) is 11.3 Å². The molecule has 1 fully saturated rings. The molecule has 8 heteroatoms. The summed E-state index contributed by atoms with van der Waals surface area (Å²) in [5.41, 5.74) is 0.00214. The molecule has 2 aromatic carbocycles. The average molecular weight is 507 g/mol. The first-order chi connectivity index (χ1) is 17.8. The van der Waals surface area contributed by atoms with Crippen molar-refractivity contribution in [2.75, 3.05) is 20.2 Å². The summed E-state index contributed by atoms with van der Waals surface area (Å²) in [6.07, 6.45) is 6.96. The van der Waals surface area contributed by atoms with Crippen LogP contribution in [0, 0.1) is 5.92 Å². The lowest BCUT2D eigenvalue weighted by atomic mass is 9.88. The molecule has 1 aliphatic carbocycles. The Kier molecular flexibility index (Phi) is 8.48. The number of carbonyl (C=O) groups is 2. The highest BCUT2D eigenvalue weighted by Crippen LogP contribution is 2.28. The number of rotatable bonds is 11. The fourth-order valence-electron chi connectivity index (χ4n) is 4.55. The Labute approximate surface area is 217 Å². The molecule has 0 aliphatic heterocycles. The van der Waals surface area contributed by atoms with E-state index in [4.69, 9.17) is 13.9 Å². The van der Waals surface area contributed by atoms with Crippen LogP contribution in [0.5, 0.6) is 11.8 Å². The third-order valence-electron chi connectivity index (χ3n) is 6.80. The number of aliphatic carboxylic acids is 1. The van der Waals surface area contributed by atoms with E-state index in [1.807, 2.05) is 49.5 Å². The Morgan fingerprint density at radius 2 is 1.78 bits per heavy atom. The van der Waals surface area contributed by atoms with Gasteiger partial charge >= 0.3 is 12.0 Å². The zero-order chi connectivity index (χ0) is 26.3. The number of hydrogen-bond acceptors (Lipinski definition) is 6. The fourth-order valence-corrected chi connectivity index (χ4v) is 4.55. The summed E-state index contributed by atoms with van der Waals surface area (Å²) in [6, 6.07) is 16.6. The number of benzene rings is 2. The lowest BCUT2D eigenvalue weighted by molar-refractivity contribution is -0.155. The maximum Gasteiger partial charge on any atom is 0.395 e. The standard InChI is InChI=1S/C29H34N2O6/c1-29(27(33)34,37-28-30-20-25(36-28)22-9-5-3-6-10-22)19-21-13-15-24(16-14-21)35-18-17-31(2)26(32)23-11-7-4-8-12-23/h3,5-6,9-10,13-16,20,23H,4,7-8,11-12,17-19H2,1-2H3,(H,33,34). The minimum Gasteiger partial charge on any atom is -0.492 e. The van der Waals surface area contributed by atoms with Crippen molar-refractivity contribution in [3.8, 4) is 23.1 Å². The monoisotopic (exact) mass is 506 g/mol. The molecule has 1 aliphatic rings. The first-order valence-electron chi connectivity index (χ1n) is 12.7. The van der Waals surface area contributed by atoms with Gasteiger partial charge in [0.1, 0.15) is 12.4 Å². The average Bonchev–Trinajstić information content (AvgIpc) is 3.38. The van der Waals surface area contributed by atoms with Crippen LogP contribution in [-0.4, -0.2) is 52.7 Å². The number of amides is 1. The molecule has 1 unspecified atom stereocenters. The molecule has 1 saturated carbocycles. The maximum atomic E-state index is 12.6. The molecular weight excluding hydrogens is 472 g/mol. The third kappa shape index (κ3) is 6.90. The van der Waals surface area contributed by atoms with Crippen LogP contribution in [0.2, 0.25) is 0 Å². The van der Waals surface area contributed by atoms with Crippen molar-refractivity contribution in [3.63, 3.8) is 0 Å². The molecule has 1 N–H and O–H groups in total. The first kappa shape index (κ1) is 26.3. The molecule has 3 aromatic rings. The van der Waals surface area contributed by atoms with Gasteiger partial charge in [-0.15, -0.1) is 0 Å². The van der Waals surface area contributed by atoms with Crippen molar-refractivity contribution in [1.29, 1.82) is 0 Å². The Bertz CT molecular complexity index is 1170. The summed E-state index contributed by atoms with van der Waals surface area (Å²) in [7, 11) is 1.83. The van der Waals surface area contributed by atoms with Crippen LogP contribution < -0.4 is 9.47 Å². The van der Waals surface area contributed by atoms with Gasteiger partial charge < -0.3 is 23.9 Å². The van der Waals surface area contributed by atoms with Crippen LogP contribution in [0.3, 0.4) is 0 Å². The van der Waals surface area contributed by atoms with Crippen molar-refractivity contribution >= 4 is 11.9 Å². The highest BCUT2D eigenvalue weighted by Gasteiger charge is 2.37. The summed E-state index contributed by atoms with van der Waals surface area (Å²) in [5.74, 6) is 0.368. The molecule has 37 heavy (non-hydrogen) atoms. The fraction of sp³-hybridized carbons (Fsp3) is 0.414. The van der Waals surface area contributed by atoms with Crippen LogP contribution in [-0.2, 0) is 16.0 Å². The molecule has 1 amide bonds. The van der Waals surface area contributed by atoms with Crippen molar-refractivity contribution in [2.45, 2.75) is 51.0 Å². The number of oxazole rings is 1. The van der Waals surface area contributed by atoms with E-state index in [-0.39, 0.29) is 24.3 Å². The van der Waals surface area contributed by atoms with Crippen LogP contribution in [0.15, 0.2) is 65.2 Å². The van der Waals surface area contributed by atoms with Gasteiger partial charge in [0.15, 0.2) is 5.76 Å². The van der Waals surface area contributed by atoms with Gasteiger partial charge in [0.05, 0.1) is 12.7 Å². The topological polar surface area (TPSA) is 102 Å². The summed E-state index contributed by atoms with van der Waals surface area (Å²) in [4.78, 5) is 30.5. The number of aromatic nitrogens is 1. The van der Waals surface area contributed by atoms with Gasteiger partial charge in [-0.2, -0.15) is 4.98 Å². The molecule has 0 saturated heterocycles. The molecule has 8 nitrogen and oxygen atoms in total. The van der Waals surface area contributed by atoms with Crippen molar-refractivity contribution in [1.82, 2.24) is 9.88 Å². The molecule has 0 radical (unpaired) electrons. The Morgan fingerprint density at radius 1 is 1.08 bits per heavy atom. The molecule has 1 heterocycles. The highest BCUT2D eigenvalue weighted by atomic mass is 16.6. The van der Waals surface area contributed by atoms with E-state index in [9.17, 15) is 14.7 Å². The summed E-state index contributed by atoms with van der Waals surface area (Å²) < 4.78 is 17.2. The number of carboxylic acids is 1. The lowest BCUT2D eigenvalue weighted by Gasteiger charge is -2.26. The number of hydrogen-bond donors (Lipinski definition) is 1. The summed E-state index contributed by atoms with van der Waals surface area (Å²) in [6.45, 7) is 2.40. The predicted octanol–water partition coefficient (Wildman–Crippen LogP) is 5.22. The zero-order valence-electron chi connectivity index (χ0n) is 21.4. The van der Waals surface area contributed by atoms with Crippen LogP contribution >= 0.6 is 0 Å². The van der Waals surface area contributed by atoms with Gasteiger partial charge in [-0.1, -0.05) is 61.7 Å². The van der Waals surface area contributed by atoms with Crippen molar-refractivity contribution in [2.24, 2.45) is 5.92 Å². The Hall–Kier alpha value is -3.81. The van der Waals surface area contributed by atoms with Crippen LogP contribution in [0.4, 0.5) is 0 Å². The van der Waals surface area contributed by atoms with E-state index in [0.717, 1.165) is 36.8 Å². The molecule has 4 rings (SSSR count). The largest absolute Gasteiger partial charge is 0.492 e. The Balaban J connectivity index is 1.30. The number of carbonyl (C=O) groups excluding carboxylic acids is 1. The second-order valence-electron chi connectivity index (χ2n) is 9.76. The number of nitrogens with zero attached hydrogens (tertiary/aromatic N) is 2. The molecule has 1 aromatic heterocycles. The van der Waals surface area contributed by atoms with E-state index in [1.165, 1.54) is 19.5 Å². The number of likely N-dealkylation sites (N-methyl/N-ethyl adjacent to an activating group) is 1. The lowest BCUT2D eigenvalue weighted by Crippen LogP contribution is -2.43. The number of carboxylic acid groups (broad SMARTS) is 1. The SMILES string of the molecule is CN(CCOc1ccc(CC(C)(Oc2ncc(-c3ccccc3)o2)C(=O)O)cc1)C(=O)C1CCCCC1. The van der Waals surface area contributed by atoms with Gasteiger partial charge in [-0.25, -0.2) is 4.79 Å². The quantitative estimate of drug-likeness (QED) is 0.380. The number of ether oxygens (including phenoxy) is 2. The summed E-state index contributed by atoms with van der Waals surface area (Å²) in [5, 5.41) is 9.89. The zero-order valence-corrected chi connectivity index (χ0v) is 21.4. The first-order valence-corrected chi connectivity index (χ1v) is 12.7. The highest BCUT2D eigenvalue weighted by molar-refractivity contribution is 5.78. The second-order valence-corrected chi connectivity index (χ2v) is 9.76. The molecule has 0 spiro atoms. The minimum absolute atomic E-state index is 0.101. The van der Waals surface area contributed by atoms with E-state index >= 15 is 0 Å². The maximum absolute atomic E-state index is 12.6. The van der Waals surface area contributed by atoms with Gasteiger partial charge in [0, 0.05) is 24.9 Å². The van der Waals surface area contributed by atoms with E-state index < -0.39 is 11.6 Å². The van der Waals surface area contributed by atoms with Gasteiger partial charge in [-0.3, -0.25) is 4.79 Å². The van der Waals surface area contributed by atoms with Crippen LogP contribution in [0.1, 0.15) is 44.6 Å². The predicted molar refractivity (Wildman–Crippen MR) is 138 cm³/mol. The van der Waals surface area contributed by atoms with E-state index in [2.05, 4.69) is 4.98 Å². The second kappa shape index (κ2) is 12.0. The normalized spacial score (nSPS) is 15.5. The van der Waals surface area contributed by atoms with Gasteiger partial charge in [0.2, 0.25) is 11.5 Å². The van der Waals surface area contributed by atoms with Gasteiger partial charge in [-0.05, 0) is 37.5 Å². The Morgan fingerprint density at radius 3 is 2.46 bits per heavy atom. The van der Waals surface area contributed by atoms with Crippen molar-refractivity contribution < 1.29 is 28.6 Å². The summed E-state index contributed by atoms with van der Waals surface area (Å²) >= 11 is 0. The minimum atomic E-state index is -1.58. The van der Waals surface area contributed by atoms with Gasteiger partial charge in [0.25, 0.3) is 0 Å². The third-order valence-corrected chi connectivity index (χ3v) is 6.80. The van der Waals surface area contributed by atoms with E-state index in [0.29, 0.717) is 24.7 Å². The smallest absolute Gasteiger partial charge is 0.395 e. The molecule has 196 valence electrons. The van der Waals surface area contributed by atoms with E-state index in [1.54, 1.807) is 17.0 Å². The molecule has 0 bridgehead atoms. The molecular formula is C29H34N2O6.